The lowest BCUT2D eigenvalue weighted by atomic mass is 10.0. The summed E-state index contributed by atoms with van der Waals surface area (Å²) in [5.41, 5.74) is 2.52. The zero-order chi connectivity index (χ0) is 12.8. The number of nitrogens with zero attached hydrogens (tertiary/aromatic N) is 1. The maximum absolute atomic E-state index is 10.0. The quantitative estimate of drug-likeness (QED) is 0.819. The second-order valence-electron chi connectivity index (χ2n) is 4.85. The van der Waals surface area contributed by atoms with Crippen molar-refractivity contribution >= 4 is 5.69 Å². The van der Waals surface area contributed by atoms with E-state index in [1.807, 2.05) is 7.05 Å². The van der Waals surface area contributed by atoms with Crippen LogP contribution in [0.2, 0.25) is 0 Å². The third-order valence-electron chi connectivity index (χ3n) is 3.55. The van der Waals surface area contributed by atoms with Crippen LogP contribution in [0.3, 0.4) is 0 Å². The highest BCUT2D eigenvalue weighted by Gasteiger charge is 2.14. The summed E-state index contributed by atoms with van der Waals surface area (Å²) in [6, 6.07) is 8.56. The molecule has 0 spiro atoms. The number of rotatable bonds is 6. The molecule has 0 fully saturated rings. The minimum absolute atomic E-state index is 0.254. The van der Waals surface area contributed by atoms with Crippen molar-refractivity contribution in [1.29, 1.82) is 0 Å². The van der Waals surface area contributed by atoms with E-state index in [-0.39, 0.29) is 6.10 Å². The Morgan fingerprint density at radius 1 is 1.18 bits per heavy atom. The van der Waals surface area contributed by atoms with Gasteiger partial charge in [0.1, 0.15) is 0 Å². The van der Waals surface area contributed by atoms with Crippen molar-refractivity contribution in [2.75, 3.05) is 18.5 Å². The third kappa shape index (κ3) is 4.04. The van der Waals surface area contributed by atoms with Crippen molar-refractivity contribution in [3.8, 4) is 0 Å². The Morgan fingerprint density at radius 3 is 2.24 bits per heavy atom. The van der Waals surface area contributed by atoms with E-state index in [4.69, 9.17) is 0 Å². The van der Waals surface area contributed by atoms with Crippen molar-refractivity contribution < 1.29 is 5.11 Å². The van der Waals surface area contributed by atoms with Gasteiger partial charge < -0.3 is 10.0 Å². The molecule has 1 N–H and O–H groups in total. The Labute approximate surface area is 105 Å². The summed E-state index contributed by atoms with van der Waals surface area (Å²) >= 11 is 0. The van der Waals surface area contributed by atoms with Crippen molar-refractivity contribution in [2.24, 2.45) is 5.92 Å². The van der Waals surface area contributed by atoms with Crippen LogP contribution in [0.25, 0.3) is 0 Å². The van der Waals surface area contributed by atoms with Crippen molar-refractivity contribution in [3.05, 3.63) is 29.8 Å². The highest BCUT2D eigenvalue weighted by molar-refractivity contribution is 5.46. The fourth-order valence-corrected chi connectivity index (χ4v) is 1.82. The first-order valence-corrected chi connectivity index (χ1v) is 6.56. The van der Waals surface area contributed by atoms with Crippen LogP contribution in [0.15, 0.2) is 24.3 Å². The van der Waals surface area contributed by atoms with E-state index in [9.17, 15) is 5.11 Å². The number of aliphatic hydroxyl groups is 1. The van der Waals surface area contributed by atoms with Crippen LogP contribution in [0.4, 0.5) is 5.69 Å². The molecule has 96 valence electrons. The van der Waals surface area contributed by atoms with Gasteiger partial charge in [-0.2, -0.15) is 0 Å². The van der Waals surface area contributed by atoms with Crippen LogP contribution >= 0.6 is 0 Å². The Kier molecular flexibility index (Phi) is 5.49. The van der Waals surface area contributed by atoms with E-state index in [2.05, 4.69) is 49.9 Å². The standard InChI is InChI=1S/C15H25NO/c1-5-12(3)15(17)11-16(4)14-9-7-13(6-2)8-10-14/h7-10,12,15,17H,5-6,11H2,1-4H3. The minimum Gasteiger partial charge on any atom is -0.391 e. The van der Waals surface area contributed by atoms with Gasteiger partial charge in [0.2, 0.25) is 0 Å². The first kappa shape index (κ1) is 14.0. The summed E-state index contributed by atoms with van der Waals surface area (Å²) in [5, 5.41) is 10.0. The summed E-state index contributed by atoms with van der Waals surface area (Å²) in [6.45, 7) is 7.06. The van der Waals surface area contributed by atoms with E-state index in [1.165, 1.54) is 11.3 Å². The molecule has 0 aliphatic heterocycles. The summed E-state index contributed by atoms with van der Waals surface area (Å²) in [5.74, 6) is 0.354. The normalized spacial score (nSPS) is 14.4. The average molecular weight is 235 g/mol. The number of aliphatic hydroxyl groups excluding tert-OH is 1. The van der Waals surface area contributed by atoms with Gasteiger partial charge in [0, 0.05) is 19.3 Å². The molecule has 2 nitrogen and oxygen atoms in total. The van der Waals surface area contributed by atoms with E-state index in [0.717, 1.165) is 12.8 Å². The maximum Gasteiger partial charge on any atom is 0.0740 e. The van der Waals surface area contributed by atoms with Crippen molar-refractivity contribution in [2.45, 2.75) is 39.7 Å². The molecule has 1 rings (SSSR count). The Hall–Kier alpha value is -1.02. The Bertz CT molecular complexity index is 320. The second kappa shape index (κ2) is 6.65. The van der Waals surface area contributed by atoms with Gasteiger partial charge in [-0.25, -0.2) is 0 Å². The molecule has 2 heteroatoms. The van der Waals surface area contributed by atoms with Crippen LogP contribution in [-0.4, -0.2) is 24.8 Å². The molecule has 0 aliphatic carbocycles. The van der Waals surface area contributed by atoms with E-state index in [1.54, 1.807) is 0 Å². The molecule has 0 radical (unpaired) electrons. The number of aryl methyl sites for hydroxylation is 1. The zero-order valence-corrected chi connectivity index (χ0v) is 11.5. The molecule has 0 aliphatic rings. The molecule has 0 saturated carbocycles. The van der Waals surface area contributed by atoms with Crippen LogP contribution in [0.5, 0.6) is 0 Å². The maximum atomic E-state index is 10.0. The van der Waals surface area contributed by atoms with Crippen LogP contribution in [-0.2, 0) is 6.42 Å². The zero-order valence-electron chi connectivity index (χ0n) is 11.5. The molecule has 0 aromatic heterocycles. The van der Waals surface area contributed by atoms with Gasteiger partial charge in [-0.15, -0.1) is 0 Å². The smallest absolute Gasteiger partial charge is 0.0740 e. The molecule has 2 atom stereocenters. The van der Waals surface area contributed by atoms with E-state index >= 15 is 0 Å². The lowest BCUT2D eigenvalue weighted by Crippen LogP contribution is -2.33. The van der Waals surface area contributed by atoms with Gasteiger partial charge in [-0.05, 0) is 30.0 Å². The lowest BCUT2D eigenvalue weighted by Gasteiger charge is -2.26. The highest BCUT2D eigenvalue weighted by atomic mass is 16.3. The van der Waals surface area contributed by atoms with Crippen LogP contribution < -0.4 is 4.90 Å². The Balaban J connectivity index is 2.59. The third-order valence-corrected chi connectivity index (χ3v) is 3.55. The summed E-state index contributed by atoms with van der Waals surface area (Å²) in [7, 11) is 2.03. The fourth-order valence-electron chi connectivity index (χ4n) is 1.82. The minimum atomic E-state index is -0.254. The molecule has 17 heavy (non-hydrogen) atoms. The van der Waals surface area contributed by atoms with Gasteiger partial charge in [-0.3, -0.25) is 0 Å². The number of anilines is 1. The summed E-state index contributed by atoms with van der Waals surface area (Å²) in [4.78, 5) is 2.12. The predicted molar refractivity (Wildman–Crippen MR) is 74.6 cm³/mol. The van der Waals surface area contributed by atoms with Crippen molar-refractivity contribution in [3.63, 3.8) is 0 Å². The van der Waals surface area contributed by atoms with E-state index in [0.29, 0.717) is 12.5 Å². The summed E-state index contributed by atoms with van der Waals surface area (Å²) < 4.78 is 0. The fraction of sp³-hybridized carbons (Fsp3) is 0.600. The molecule has 1 aromatic rings. The highest BCUT2D eigenvalue weighted by Crippen LogP contribution is 2.16. The van der Waals surface area contributed by atoms with E-state index < -0.39 is 0 Å². The molecule has 0 saturated heterocycles. The SMILES string of the molecule is CCc1ccc(N(C)CC(O)C(C)CC)cc1. The van der Waals surface area contributed by atoms with Gasteiger partial charge in [0.05, 0.1) is 6.10 Å². The molecular weight excluding hydrogens is 210 g/mol. The molecule has 0 amide bonds. The first-order valence-electron chi connectivity index (χ1n) is 6.56. The lowest BCUT2D eigenvalue weighted by molar-refractivity contribution is 0.121. The predicted octanol–water partition coefficient (Wildman–Crippen LogP) is 3.09. The topological polar surface area (TPSA) is 23.5 Å². The summed E-state index contributed by atoms with van der Waals surface area (Å²) in [6.07, 6.45) is 1.83. The van der Waals surface area contributed by atoms with Gasteiger partial charge in [-0.1, -0.05) is 39.3 Å². The molecular formula is C15H25NO. The number of benzene rings is 1. The number of hydrogen-bond donors (Lipinski definition) is 1. The molecule has 0 bridgehead atoms. The van der Waals surface area contributed by atoms with Crippen LogP contribution in [0.1, 0.15) is 32.8 Å². The van der Waals surface area contributed by atoms with Gasteiger partial charge in [0.15, 0.2) is 0 Å². The molecule has 2 unspecified atom stereocenters. The van der Waals surface area contributed by atoms with Gasteiger partial charge in [0.25, 0.3) is 0 Å². The number of likely N-dealkylation sites (N-methyl/N-ethyl adjacent to an activating group) is 1. The molecule has 1 aromatic carbocycles. The second-order valence-corrected chi connectivity index (χ2v) is 4.85. The molecule has 0 heterocycles. The monoisotopic (exact) mass is 235 g/mol. The average Bonchev–Trinajstić information content (AvgIpc) is 2.37. The Morgan fingerprint density at radius 2 is 1.76 bits per heavy atom. The van der Waals surface area contributed by atoms with Gasteiger partial charge >= 0.3 is 0 Å². The first-order chi connectivity index (χ1) is 8.08. The van der Waals surface area contributed by atoms with Crippen LogP contribution in [0, 0.1) is 5.92 Å². The largest absolute Gasteiger partial charge is 0.391 e. The van der Waals surface area contributed by atoms with Crippen molar-refractivity contribution in [1.82, 2.24) is 0 Å². The number of hydrogen-bond acceptors (Lipinski definition) is 2.